The molecule has 0 bridgehead atoms. The zero-order chi connectivity index (χ0) is 18.8. The molecule has 2 aliphatic rings. The molecule has 0 spiro atoms. The van der Waals surface area contributed by atoms with Crippen LogP contribution < -0.4 is 4.90 Å². The lowest BCUT2D eigenvalue weighted by atomic mass is 9.96. The Morgan fingerprint density at radius 1 is 1.19 bits per heavy atom. The van der Waals surface area contributed by atoms with Crippen LogP contribution in [0, 0.1) is 5.92 Å². The summed E-state index contributed by atoms with van der Waals surface area (Å²) in [6, 6.07) is 8.29. The van der Waals surface area contributed by atoms with E-state index in [0.717, 1.165) is 49.6 Å². The van der Waals surface area contributed by atoms with Crippen molar-refractivity contribution in [2.75, 3.05) is 32.1 Å². The SMILES string of the molecule is CN(C)c1ccc(CC(=O)N2CCC[C@@H](c3nccn3CC3CC3)C2)cc1. The van der Waals surface area contributed by atoms with Crippen molar-refractivity contribution in [1.29, 1.82) is 0 Å². The molecule has 0 N–H and O–H groups in total. The van der Waals surface area contributed by atoms with E-state index < -0.39 is 0 Å². The van der Waals surface area contributed by atoms with Crippen molar-refractivity contribution in [2.24, 2.45) is 5.92 Å². The Labute approximate surface area is 162 Å². The predicted molar refractivity (Wildman–Crippen MR) is 108 cm³/mol. The molecular weight excluding hydrogens is 336 g/mol. The van der Waals surface area contributed by atoms with Crippen LogP contribution in [0.15, 0.2) is 36.7 Å². The quantitative estimate of drug-likeness (QED) is 0.788. The smallest absolute Gasteiger partial charge is 0.227 e. The van der Waals surface area contributed by atoms with E-state index in [0.29, 0.717) is 12.3 Å². The lowest BCUT2D eigenvalue weighted by molar-refractivity contribution is -0.131. The summed E-state index contributed by atoms with van der Waals surface area (Å²) in [5.74, 6) is 2.62. The molecule has 0 radical (unpaired) electrons. The third-order valence-corrected chi connectivity index (χ3v) is 5.85. The molecule has 144 valence electrons. The molecule has 5 heteroatoms. The summed E-state index contributed by atoms with van der Waals surface area (Å²) in [5, 5.41) is 0. The van der Waals surface area contributed by atoms with Crippen LogP contribution >= 0.6 is 0 Å². The van der Waals surface area contributed by atoms with Gasteiger partial charge in [-0.3, -0.25) is 4.79 Å². The van der Waals surface area contributed by atoms with Crippen molar-refractivity contribution < 1.29 is 4.79 Å². The fourth-order valence-electron chi connectivity index (χ4n) is 4.03. The first-order chi connectivity index (χ1) is 13.1. The van der Waals surface area contributed by atoms with Gasteiger partial charge in [-0.2, -0.15) is 0 Å². The lowest BCUT2D eigenvalue weighted by Gasteiger charge is -2.33. The maximum Gasteiger partial charge on any atom is 0.227 e. The Balaban J connectivity index is 1.38. The number of piperidine rings is 1. The van der Waals surface area contributed by atoms with Gasteiger partial charge in [0.15, 0.2) is 0 Å². The van der Waals surface area contributed by atoms with Gasteiger partial charge in [0.2, 0.25) is 5.91 Å². The number of hydrogen-bond acceptors (Lipinski definition) is 3. The van der Waals surface area contributed by atoms with Crippen molar-refractivity contribution in [1.82, 2.24) is 14.5 Å². The molecule has 1 aliphatic heterocycles. The van der Waals surface area contributed by atoms with Crippen molar-refractivity contribution >= 4 is 11.6 Å². The first-order valence-electron chi connectivity index (χ1n) is 10.1. The summed E-state index contributed by atoms with van der Waals surface area (Å²) in [6.07, 6.45) is 9.40. The van der Waals surface area contributed by atoms with E-state index >= 15 is 0 Å². The number of likely N-dealkylation sites (tertiary alicyclic amines) is 1. The van der Waals surface area contributed by atoms with E-state index in [2.05, 4.69) is 44.9 Å². The fraction of sp³-hybridized carbons (Fsp3) is 0.545. The van der Waals surface area contributed by atoms with Gasteiger partial charge in [-0.1, -0.05) is 12.1 Å². The van der Waals surface area contributed by atoms with Gasteiger partial charge in [0.25, 0.3) is 0 Å². The average molecular weight is 367 g/mol. The van der Waals surface area contributed by atoms with Gasteiger partial charge in [-0.05, 0) is 49.3 Å². The third kappa shape index (κ3) is 4.34. The van der Waals surface area contributed by atoms with Crippen LogP contribution in [0.1, 0.15) is 43.0 Å². The van der Waals surface area contributed by atoms with Gasteiger partial charge >= 0.3 is 0 Å². The summed E-state index contributed by atoms with van der Waals surface area (Å²) in [7, 11) is 4.06. The normalized spacial score (nSPS) is 19.9. The number of benzene rings is 1. The summed E-state index contributed by atoms with van der Waals surface area (Å²) in [4.78, 5) is 21.6. The molecule has 1 amide bonds. The Bertz CT molecular complexity index is 776. The van der Waals surface area contributed by atoms with Crippen LogP contribution in [0.3, 0.4) is 0 Å². The van der Waals surface area contributed by atoms with E-state index in [1.165, 1.54) is 18.7 Å². The largest absolute Gasteiger partial charge is 0.378 e. The Morgan fingerprint density at radius 2 is 1.96 bits per heavy atom. The molecule has 1 aliphatic carbocycles. The highest BCUT2D eigenvalue weighted by Crippen LogP contribution is 2.33. The Hall–Kier alpha value is -2.30. The molecule has 5 nitrogen and oxygen atoms in total. The summed E-state index contributed by atoms with van der Waals surface area (Å²) in [6.45, 7) is 2.77. The van der Waals surface area contributed by atoms with Gasteiger partial charge < -0.3 is 14.4 Å². The van der Waals surface area contributed by atoms with Crippen LogP contribution in [0.25, 0.3) is 0 Å². The minimum Gasteiger partial charge on any atom is -0.378 e. The predicted octanol–water partition coefficient (Wildman–Crippen LogP) is 3.31. The van der Waals surface area contributed by atoms with E-state index in [9.17, 15) is 4.79 Å². The molecule has 2 fully saturated rings. The number of aromatic nitrogens is 2. The summed E-state index contributed by atoms with van der Waals surface area (Å²) < 4.78 is 2.33. The van der Waals surface area contributed by atoms with Gasteiger partial charge in [0.05, 0.1) is 6.42 Å². The zero-order valence-electron chi connectivity index (χ0n) is 16.5. The number of hydrogen-bond donors (Lipinski definition) is 0. The number of rotatable bonds is 6. The summed E-state index contributed by atoms with van der Waals surface area (Å²) in [5.41, 5.74) is 2.25. The molecular formula is C22H30N4O. The van der Waals surface area contributed by atoms with Crippen molar-refractivity contribution in [3.05, 3.63) is 48.0 Å². The Kier molecular flexibility index (Phi) is 5.19. The van der Waals surface area contributed by atoms with E-state index in [1.54, 1.807) is 0 Å². The van der Waals surface area contributed by atoms with Crippen LogP contribution in [0.2, 0.25) is 0 Å². The van der Waals surface area contributed by atoms with E-state index in [-0.39, 0.29) is 5.91 Å². The number of carbonyl (C=O) groups is 1. The van der Waals surface area contributed by atoms with Crippen molar-refractivity contribution in [3.63, 3.8) is 0 Å². The molecule has 1 aromatic heterocycles. The molecule has 2 heterocycles. The lowest BCUT2D eigenvalue weighted by Crippen LogP contribution is -2.40. The number of imidazole rings is 1. The first-order valence-corrected chi connectivity index (χ1v) is 10.1. The maximum atomic E-state index is 12.9. The highest BCUT2D eigenvalue weighted by atomic mass is 16.2. The average Bonchev–Trinajstić information content (AvgIpc) is 3.37. The third-order valence-electron chi connectivity index (χ3n) is 5.85. The number of amides is 1. The van der Waals surface area contributed by atoms with E-state index in [4.69, 9.17) is 0 Å². The summed E-state index contributed by atoms with van der Waals surface area (Å²) >= 11 is 0. The monoisotopic (exact) mass is 366 g/mol. The number of carbonyl (C=O) groups excluding carboxylic acids is 1. The fourth-order valence-corrected chi connectivity index (χ4v) is 4.03. The van der Waals surface area contributed by atoms with Gasteiger partial charge in [0, 0.05) is 57.7 Å². The van der Waals surface area contributed by atoms with Gasteiger partial charge in [0.1, 0.15) is 5.82 Å². The second-order valence-electron chi connectivity index (χ2n) is 8.30. The highest BCUT2D eigenvalue weighted by molar-refractivity contribution is 5.79. The molecule has 4 rings (SSSR count). The van der Waals surface area contributed by atoms with Gasteiger partial charge in [-0.15, -0.1) is 0 Å². The van der Waals surface area contributed by atoms with Crippen LogP contribution in [-0.4, -0.2) is 47.5 Å². The molecule has 2 aromatic rings. The molecule has 27 heavy (non-hydrogen) atoms. The first kappa shape index (κ1) is 18.1. The molecule has 1 saturated heterocycles. The Morgan fingerprint density at radius 3 is 2.67 bits per heavy atom. The number of anilines is 1. The van der Waals surface area contributed by atoms with E-state index in [1.807, 2.05) is 25.2 Å². The molecule has 0 unspecified atom stereocenters. The van der Waals surface area contributed by atoms with Crippen molar-refractivity contribution in [2.45, 2.75) is 44.6 Å². The molecule has 1 saturated carbocycles. The minimum absolute atomic E-state index is 0.234. The van der Waals surface area contributed by atoms with Crippen molar-refractivity contribution in [3.8, 4) is 0 Å². The molecule has 1 aromatic carbocycles. The standard InChI is InChI=1S/C22H30N4O/c1-24(2)20-9-7-17(8-10-20)14-21(27)25-12-3-4-19(16-25)22-23-11-13-26(22)15-18-5-6-18/h7-11,13,18-19H,3-6,12,14-16H2,1-2H3/t19-/m1/s1. The number of nitrogens with zero attached hydrogens (tertiary/aromatic N) is 4. The van der Waals surface area contributed by atoms with Crippen LogP contribution in [0.4, 0.5) is 5.69 Å². The van der Waals surface area contributed by atoms with Crippen LogP contribution in [-0.2, 0) is 17.8 Å². The zero-order valence-corrected chi connectivity index (χ0v) is 16.5. The maximum absolute atomic E-state index is 12.9. The highest BCUT2D eigenvalue weighted by Gasteiger charge is 2.29. The molecule has 1 atom stereocenters. The second kappa shape index (κ2) is 7.75. The second-order valence-corrected chi connectivity index (χ2v) is 8.30. The van der Waals surface area contributed by atoms with Gasteiger partial charge in [-0.25, -0.2) is 4.98 Å². The van der Waals surface area contributed by atoms with Crippen LogP contribution in [0.5, 0.6) is 0 Å². The minimum atomic E-state index is 0.234. The topological polar surface area (TPSA) is 41.4 Å².